The Morgan fingerprint density at radius 2 is 0.817 bits per heavy atom. The van der Waals surface area contributed by atoms with Crippen LogP contribution in [0.15, 0.2) is 280 Å². The molecule has 0 fully saturated rings. The third-order valence-corrected chi connectivity index (χ3v) is 17.3. The van der Waals surface area contributed by atoms with Crippen LogP contribution in [0.1, 0.15) is 68.9 Å². The first-order chi connectivity index (χ1) is 40.1. The van der Waals surface area contributed by atoms with Crippen LogP contribution in [0.3, 0.4) is 0 Å². The van der Waals surface area contributed by atoms with Crippen LogP contribution in [0.25, 0.3) is 82.5 Å². The molecular weight excluding hydrogens is 989 g/mol. The summed E-state index contributed by atoms with van der Waals surface area (Å²) >= 11 is 0. The molecular formula is C80H66N2. The molecule has 2 heteroatoms. The van der Waals surface area contributed by atoms with Gasteiger partial charge in [-0.1, -0.05) is 240 Å². The molecule has 0 saturated heterocycles. The second-order valence-electron chi connectivity index (χ2n) is 22.8. The minimum Gasteiger partial charge on any atom is -0.310 e. The number of benzene rings is 12. The minimum atomic E-state index is -0.157. The maximum absolute atomic E-state index is 3.48. The summed E-state index contributed by atoms with van der Waals surface area (Å²) < 4.78 is 0. The van der Waals surface area contributed by atoms with Gasteiger partial charge in [0.2, 0.25) is 0 Å². The molecule has 0 saturated carbocycles. The van der Waals surface area contributed by atoms with Gasteiger partial charge >= 0.3 is 0 Å². The zero-order valence-corrected chi connectivity index (χ0v) is 47.5. The highest BCUT2D eigenvalue weighted by Crippen LogP contribution is 2.54. The predicted molar refractivity (Wildman–Crippen MR) is 355 cm³/mol. The van der Waals surface area contributed by atoms with Crippen molar-refractivity contribution in [1.29, 1.82) is 0 Å². The van der Waals surface area contributed by atoms with Crippen LogP contribution in [-0.2, 0) is 10.8 Å². The van der Waals surface area contributed by atoms with E-state index in [0.717, 1.165) is 46.1 Å². The molecule has 0 spiro atoms. The van der Waals surface area contributed by atoms with E-state index in [1.807, 2.05) is 12.2 Å². The molecule has 0 unspecified atom stereocenters. The standard InChI is InChI=1S/C75H58N2.C5H8/c1-6-7-8-21-50-44-56(45-51-22-9-11-24-57(50)51)77(55-39-41-65-63-29-18-20-33-69(63)75(4,5)71(65)48-55)72-43-42-59(61-27-13-15-30-66(61)72)49-34-36-53(37-35-49)76(73-46-52-23-10-12-25-58(52)60-26-14-16-31-67(60)73)54-38-40-64-62-28-17-19-32-68(62)74(2,3)70(64)47-54;1-3-5-4-2/h6-48H,1-5H3;3-4H,1-2,5H2/b7-6-,21-8-;. The summed E-state index contributed by atoms with van der Waals surface area (Å²) in [6.07, 6.45) is 13.1. The highest BCUT2D eigenvalue weighted by Gasteiger charge is 2.37. The van der Waals surface area contributed by atoms with Crippen LogP contribution in [0.5, 0.6) is 0 Å². The zero-order chi connectivity index (χ0) is 56.1. The van der Waals surface area contributed by atoms with Crippen LogP contribution < -0.4 is 9.80 Å². The second kappa shape index (κ2) is 21.0. The molecule has 0 radical (unpaired) electrons. The Bertz CT molecular complexity index is 4540. The Morgan fingerprint density at radius 3 is 1.40 bits per heavy atom. The number of rotatable bonds is 11. The fourth-order valence-corrected chi connectivity index (χ4v) is 13.2. The van der Waals surface area contributed by atoms with E-state index in [4.69, 9.17) is 0 Å². The molecule has 2 nitrogen and oxygen atoms in total. The van der Waals surface area contributed by atoms with Crippen LogP contribution in [0.2, 0.25) is 0 Å². The van der Waals surface area contributed by atoms with Crippen LogP contribution >= 0.6 is 0 Å². The summed E-state index contributed by atoms with van der Waals surface area (Å²) in [5, 5.41) is 9.74. The second-order valence-corrected chi connectivity index (χ2v) is 22.8. The molecule has 0 atom stereocenters. The van der Waals surface area contributed by atoms with E-state index in [2.05, 4.69) is 318 Å². The van der Waals surface area contributed by atoms with Crippen molar-refractivity contribution in [2.75, 3.05) is 9.80 Å². The Kier molecular flexibility index (Phi) is 13.3. The van der Waals surface area contributed by atoms with Gasteiger partial charge in [-0.05, 0) is 168 Å². The normalized spacial score (nSPS) is 13.4. The molecule has 12 aromatic carbocycles. The fourth-order valence-electron chi connectivity index (χ4n) is 13.2. The number of allylic oxidation sites excluding steroid dienone is 5. The quantitative estimate of drug-likeness (QED) is 0.0724. The van der Waals surface area contributed by atoms with Crippen molar-refractivity contribution in [2.45, 2.75) is 51.9 Å². The lowest BCUT2D eigenvalue weighted by Gasteiger charge is -2.30. The molecule has 0 aliphatic heterocycles. The van der Waals surface area contributed by atoms with E-state index in [-0.39, 0.29) is 10.8 Å². The smallest absolute Gasteiger partial charge is 0.0546 e. The molecule has 2 aliphatic carbocycles. The lowest BCUT2D eigenvalue weighted by atomic mass is 9.82. The highest BCUT2D eigenvalue weighted by molar-refractivity contribution is 6.15. The van der Waals surface area contributed by atoms with Gasteiger partial charge in [-0.15, -0.1) is 13.2 Å². The Hall–Kier alpha value is -9.76. The van der Waals surface area contributed by atoms with Crippen LogP contribution in [0, 0.1) is 0 Å². The summed E-state index contributed by atoms with van der Waals surface area (Å²) in [7, 11) is 0. The van der Waals surface area contributed by atoms with Gasteiger partial charge in [0, 0.05) is 44.4 Å². The maximum Gasteiger partial charge on any atom is 0.0546 e. The van der Waals surface area contributed by atoms with Gasteiger partial charge in [0.1, 0.15) is 0 Å². The van der Waals surface area contributed by atoms with E-state index in [0.29, 0.717) is 0 Å². The van der Waals surface area contributed by atoms with E-state index >= 15 is 0 Å². The molecule has 0 bridgehead atoms. The Labute approximate surface area is 483 Å². The first kappa shape index (κ1) is 51.7. The van der Waals surface area contributed by atoms with Crippen molar-refractivity contribution in [3.63, 3.8) is 0 Å². The lowest BCUT2D eigenvalue weighted by molar-refractivity contribution is 0.660. The van der Waals surface area contributed by atoms with Gasteiger partial charge < -0.3 is 9.80 Å². The number of hydrogen-bond donors (Lipinski definition) is 0. The van der Waals surface area contributed by atoms with Gasteiger partial charge in [0.15, 0.2) is 0 Å². The molecule has 0 aromatic heterocycles. The Morgan fingerprint density at radius 1 is 0.354 bits per heavy atom. The largest absolute Gasteiger partial charge is 0.310 e. The molecule has 396 valence electrons. The highest BCUT2D eigenvalue weighted by atomic mass is 15.2. The van der Waals surface area contributed by atoms with Crippen molar-refractivity contribution in [2.24, 2.45) is 0 Å². The molecule has 14 rings (SSSR count). The Balaban J connectivity index is 0.00000121. The monoisotopic (exact) mass is 1050 g/mol. The van der Waals surface area contributed by atoms with E-state index in [1.165, 1.54) is 98.7 Å². The summed E-state index contributed by atoms with van der Waals surface area (Å²) in [5.74, 6) is 0. The molecule has 0 N–H and O–H groups in total. The van der Waals surface area contributed by atoms with Gasteiger partial charge in [-0.3, -0.25) is 0 Å². The number of nitrogens with zero attached hydrogens (tertiary/aromatic N) is 2. The van der Waals surface area contributed by atoms with Crippen molar-refractivity contribution < 1.29 is 0 Å². The van der Waals surface area contributed by atoms with Gasteiger partial charge in [0.25, 0.3) is 0 Å². The molecule has 0 amide bonds. The van der Waals surface area contributed by atoms with E-state index in [1.54, 1.807) is 0 Å². The van der Waals surface area contributed by atoms with Gasteiger partial charge in [-0.2, -0.15) is 0 Å². The third kappa shape index (κ3) is 8.74. The minimum absolute atomic E-state index is 0.144. The third-order valence-electron chi connectivity index (χ3n) is 17.3. The predicted octanol–water partition coefficient (Wildman–Crippen LogP) is 22.9. The van der Waals surface area contributed by atoms with Crippen molar-refractivity contribution in [3.8, 4) is 33.4 Å². The number of hydrogen-bond acceptors (Lipinski definition) is 2. The van der Waals surface area contributed by atoms with Crippen molar-refractivity contribution in [1.82, 2.24) is 0 Å². The molecule has 0 heterocycles. The molecule has 12 aromatic rings. The summed E-state index contributed by atoms with van der Waals surface area (Å²) in [6, 6.07) is 88.6. The van der Waals surface area contributed by atoms with Crippen molar-refractivity contribution >= 4 is 83.3 Å². The summed E-state index contributed by atoms with van der Waals surface area (Å²) in [5.41, 5.74) is 20.7. The number of anilines is 6. The maximum atomic E-state index is 3.48. The number of fused-ring (bicyclic) bond motifs is 11. The van der Waals surface area contributed by atoms with Gasteiger partial charge in [-0.25, -0.2) is 0 Å². The topological polar surface area (TPSA) is 6.48 Å². The summed E-state index contributed by atoms with van der Waals surface area (Å²) in [4.78, 5) is 4.98. The lowest BCUT2D eigenvalue weighted by Crippen LogP contribution is -2.17. The fraction of sp³-hybridized carbons (Fsp3) is 0.100. The average Bonchev–Trinajstić information content (AvgIpc) is 4.09. The first-order valence-electron chi connectivity index (χ1n) is 28.7. The van der Waals surface area contributed by atoms with Crippen LogP contribution in [0.4, 0.5) is 34.1 Å². The van der Waals surface area contributed by atoms with Crippen LogP contribution in [-0.4, -0.2) is 0 Å². The SMILES string of the molecule is C/C=C\C=C/c1cc(N(c2ccc3c(c2)C(C)(C)c2ccccc2-3)c2ccc(-c3ccc(N(c4ccc5c(c4)C(C)(C)c4ccccc4-5)c4cc5ccccc5c5ccccc45)cc3)c3ccccc23)cc2ccccc12.C=CCC=C. The van der Waals surface area contributed by atoms with E-state index in [9.17, 15) is 0 Å². The molecule has 2 aliphatic rings. The van der Waals surface area contributed by atoms with Crippen molar-refractivity contribution in [3.05, 3.63) is 308 Å². The summed E-state index contributed by atoms with van der Waals surface area (Å²) in [6.45, 7) is 18.5. The van der Waals surface area contributed by atoms with E-state index < -0.39 is 0 Å². The zero-order valence-electron chi connectivity index (χ0n) is 47.5. The first-order valence-corrected chi connectivity index (χ1v) is 28.7. The van der Waals surface area contributed by atoms with Gasteiger partial charge in [0.05, 0.1) is 11.4 Å². The molecule has 82 heavy (non-hydrogen) atoms. The average molecular weight is 1060 g/mol.